The summed E-state index contributed by atoms with van der Waals surface area (Å²) in [4.78, 5) is 10.8. The van der Waals surface area contributed by atoms with Gasteiger partial charge in [-0.2, -0.15) is 0 Å². The van der Waals surface area contributed by atoms with Gasteiger partial charge in [0, 0.05) is 19.6 Å². The van der Waals surface area contributed by atoms with Crippen LogP contribution in [0.4, 0.5) is 0 Å². The number of hydrogen-bond donors (Lipinski definition) is 1. The molecule has 0 aromatic rings. The highest BCUT2D eigenvalue weighted by molar-refractivity contribution is 5.73. The molecular formula is C9H17NO2. The van der Waals surface area contributed by atoms with Crippen LogP contribution >= 0.6 is 0 Å². The molecule has 1 heterocycles. The number of ether oxygens (including phenoxy) is 1. The first kappa shape index (κ1) is 9.52. The summed E-state index contributed by atoms with van der Waals surface area (Å²) >= 11 is 0. The zero-order chi connectivity index (χ0) is 8.97. The van der Waals surface area contributed by atoms with Crippen molar-refractivity contribution < 1.29 is 9.53 Å². The van der Waals surface area contributed by atoms with Crippen molar-refractivity contribution in [3.63, 3.8) is 0 Å². The second kappa shape index (κ2) is 4.45. The van der Waals surface area contributed by atoms with E-state index in [1.807, 2.05) is 0 Å². The summed E-state index contributed by atoms with van der Waals surface area (Å²) in [6.45, 7) is 4.46. The fourth-order valence-corrected chi connectivity index (χ4v) is 1.58. The van der Waals surface area contributed by atoms with Gasteiger partial charge in [0.05, 0.1) is 6.10 Å². The van der Waals surface area contributed by atoms with Crippen LogP contribution in [0.25, 0.3) is 0 Å². The maximum atomic E-state index is 10.8. The molecule has 0 aliphatic carbocycles. The first-order valence-corrected chi connectivity index (χ1v) is 4.61. The molecule has 0 radical (unpaired) electrons. The van der Waals surface area contributed by atoms with E-state index in [9.17, 15) is 4.79 Å². The Balaban J connectivity index is 2.30. The first-order valence-electron chi connectivity index (χ1n) is 4.61. The van der Waals surface area contributed by atoms with Crippen LogP contribution in [0.3, 0.4) is 0 Å². The number of rotatable bonds is 2. The van der Waals surface area contributed by atoms with E-state index >= 15 is 0 Å². The molecule has 0 aromatic carbocycles. The predicted octanol–water partition coefficient (Wildman–Crippen LogP) is 1.08. The van der Waals surface area contributed by atoms with E-state index in [1.54, 1.807) is 6.92 Å². The quantitative estimate of drug-likeness (QED) is 0.675. The number of hydrogen-bond acceptors (Lipinski definition) is 2. The highest BCUT2D eigenvalue weighted by atomic mass is 16.5. The van der Waals surface area contributed by atoms with Crippen molar-refractivity contribution in [2.45, 2.75) is 45.3 Å². The molecule has 2 atom stereocenters. The van der Waals surface area contributed by atoms with Crippen LogP contribution in [-0.4, -0.2) is 24.7 Å². The van der Waals surface area contributed by atoms with E-state index in [-0.39, 0.29) is 5.91 Å². The Hall–Kier alpha value is -0.570. The van der Waals surface area contributed by atoms with Gasteiger partial charge in [0.15, 0.2) is 0 Å². The van der Waals surface area contributed by atoms with Crippen LogP contribution in [0.2, 0.25) is 0 Å². The number of carbonyl (C=O) groups excluding carboxylic acids is 1. The van der Waals surface area contributed by atoms with Crippen molar-refractivity contribution in [1.82, 2.24) is 5.32 Å². The summed E-state index contributed by atoms with van der Waals surface area (Å²) in [7, 11) is 0. The standard InChI is InChI=1S/C9H17NO2/c1-3-9-6-8(4-5-12-9)10-7(2)11/h8-9H,3-6H2,1-2H3,(H,10,11). The lowest BCUT2D eigenvalue weighted by atomic mass is 10.0. The zero-order valence-electron chi connectivity index (χ0n) is 7.80. The normalized spacial score (nSPS) is 29.8. The smallest absolute Gasteiger partial charge is 0.217 e. The Morgan fingerprint density at radius 1 is 1.67 bits per heavy atom. The average Bonchev–Trinajstić information content (AvgIpc) is 2.03. The summed E-state index contributed by atoms with van der Waals surface area (Å²) in [5, 5.41) is 2.93. The number of amides is 1. The highest BCUT2D eigenvalue weighted by Gasteiger charge is 2.21. The molecule has 1 saturated heterocycles. The maximum absolute atomic E-state index is 10.8. The average molecular weight is 171 g/mol. The summed E-state index contributed by atoms with van der Waals surface area (Å²) in [6.07, 6.45) is 3.30. The third-order valence-corrected chi connectivity index (χ3v) is 2.23. The van der Waals surface area contributed by atoms with Gasteiger partial charge < -0.3 is 10.1 Å². The van der Waals surface area contributed by atoms with Crippen molar-refractivity contribution in [1.29, 1.82) is 0 Å². The lowest BCUT2D eigenvalue weighted by Gasteiger charge is -2.29. The predicted molar refractivity (Wildman–Crippen MR) is 46.9 cm³/mol. The van der Waals surface area contributed by atoms with Crippen molar-refractivity contribution in [3.8, 4) is 0 Å². The van der Waals surface area contributed by atoms with Crippen LogP contribution in [0.1, 0.15) is 33.1 Å². The molecule has 1 aliphatic rings. The molecule has 2 unspecified atom stereocenters. The molecule has 3 heteroatoms. The molecule has 12 heavy (non-hydrogen) atoms. The van der Waals surface area contributed by atoms with Crippen molar-refractivity contribution in [3.05, 3.63) is 0 Å². The SMILES string of the molecule is CCC1CC(NC(C)=O)CCO1. The van der Waals surface area contributed by atoms with Crippen LogP contribution in [-0.2, 0) is 9.53 Å². The van der Waals surface area contributed by atoms with Crippen LogP contribution in [0.5, 0.6) is 0 Å². The summed E-state index contributed by atoms with van der Waals surface area (Å²) < 4.78 is 5.49. The molecule has 0 spiro atoms. The van der Waals surface area contributed by atoms with Crippen molar-refractivity contribution >= 4 is 5.91 Å². The zero-order valence-corrected chi connectivity index (χ0v) is 7.80. The van der Waals surface area contributed by atoms with Gasteiger partial charge in [-0.15, -0.1) is 0 Å². The monoisotopic (exact) mass is 171 g/mol. The van der Waals surface area contributed by atoms with E-state index in [0.717, 1.165) is 25.9 Å². The molecule has 0 saturated carbocycles. The topological polar surface area (TPSA) is 38.3 Å². The van der Waals surface area contributed by atoms with Crippen LogP contribution in [0.15, 0.2) is 0 Å². The minimum atomic E-state index is 0.0664. The molecule has 1 rings (SSSR count). The third kappa shape index (κ3) is 2.81. The lowest BCUT2D eigenvalue weighted by molar-refractivity contribution is -0.120. The first-order chi connectivity index (χ1) is 5.72. The van der Waals surface area contributed by atoms with Gasteiger partial charge in [0.2, 0.25) is 5.91 Å². The number of carbonyl (C=O) groups is 1. The van der Waals surface area contributed by atoms with E-state index < -0.39 is 0 Å². The van der Waals surface area contributed by atoms with E-state index in [2.05, 4.69) is 12.2 Å². The number of nitrogens with one attached hydrogen (secondary N) is 1. The Morgan fingerprint density at radius 2 is 2.42 bits per heavy atom. The molecule has 1 fully saturated rings. The van der Waals surface area contributed by atoms with Gasteiger partial charge in [-0.3, -0.25) is 4.79 Å². The lowest BCUT2D eigenvalue weighted by Crippen LogP contribution is -2.40. The summed E-state index contributed by atoms with van der Waals surface area (Å²) in [5.74, 6) is 0.0664. The molecule has 3 nitrogen and oxygen atoms in total. The molecular weight excluding hydrogens is 154 g/mol. The van der Waals surface area contributed by atoms with Crippen molar-refractivity contribution in [2.75, 3.05) is 6.61 Å². The Kier molecular flexibility index (Phi) is 3.53. The fraction of sp³-hybridized carbons (Fsp3) is 0.889. The van der Waals surface area contributed by atoms with Gasteiger partial charge in [-0.1, -0.05) is 6.92 Å². The minimum absolute atomic E-state index is 0.0664. The Bertz CT molecular complexity index is 159. The molecule has 1 N–H and O–H groups in total. The molecule has 1 amide bonds. The maximum Gasteiger partial charge on any atom is 0.217 e. The van der Waals surface area contributed by atoms with Gasteiger partial charge >= 0.3 is 0 Å². The Morgan fingerprint density at radius 3 is 3.00 bits per heavy atom. The molecule has 70 valence electrons. The Labute approximate surface area is 73.5 Å². The van der Waals surface area contributed by atoms with Crippen LogP contribution in [0, 0.1) is 0 Å². The molecule has 0 bridgehead atoms. The largest absolute Gasteiger partial charge is 0.378 e. The van der Waals surface area contributed by atoms with Gasteiger partial charge in [0.1, 0.15) is 0 Å². The van der Waals surface area contributed by atoms with E-state index in [0.29, 0.717) is 12.1 Å². The van der Waals surface area contributed by atoms with E-state index in [1.165, 1.54) is 0 Å². The third-order valence-electron chi connectivity index (χ3n) is 2.23. The highest BCUT2D eigenvalue weighted by Crippen LogP contribution is 2.15. The summed E-state index contributed by atoms with van der Waals surface area (Å²) in [6, 6.07) is 0.334. The van der Waals surface area contributed by atoms with Gasteiger partial charge in [-0.05, 0) is 19.3 Å². The molecule has 1 aliphatic heterocycles. The second-order valence-electron chi connectivity index (χ2n) is 3.32. The van der Waals surface area contributed by atoms with Crippen molar-refractivity contribution in [2.24, 2.45) is 0 Å². The van der Waals surface area contributed by atoms with Gasteiger partial charge in [0.25, 0.3) is 0 Å². The molecule has 0 aromatic heterocycles. The van der Waals surface area contributed by atoms with E-state index in [4.69, 9.17) is 4.74 Å². The second-order valence-corrected chi connectivity index (χ2v) is 3.32. The fourth-order valence-electron chi connectivity index (χ4n) is 1.58. The summed E-state index contributed by atoms with van der Waals surface area (Å²) in [5.41, 5.74) is 0. The van der Waals surface area contributed by atoms with Gasteiger partial charge in [-0.25, -0.2) is 0 Å². The van der Waals surface area contributed by atoms with Crippen LogP contribution < -0.4 is 5.32 Å². The minimum Gasteiger partial charge on any atom is -0.378 e.